The average Bonchev–Trinajstić information content (AvgIpc) is 3.12. The fraction of sp³-hybridized carbons (Fsp3) is 0.579. The van der Waals surface area contributed by atoms with Crippen LogP contribution in [0.3, 0.4) is 0 Å². The molecule has 0 aromatic heterocycles. The lowest BCUT2D eigenvalue weighted by Crippen LogP contribution is -2.49. The van der Waals surface area contributed by atoms with Crippen molar-refractivity contribution in [3.63, 3.8) is 0 Å². The Kier molecular flexibility index (Phi) is 22.0. The van der Waals surface area contributed by atoms with E-state index in [-0.39, 0.29) is 23.8 Å². The second-order valence-electron chi connectivity index (χ2n) is 13.6. The number of sulfonamides is 1. The van der Waals surface area contributed by atoms with Gasteiger partial charge in [0.05, 0.1) is 44.5 Å². The maximum Gasteiger partial charge on any atom is 0.407 e. The molecule has 17 nitrogen and oxygen atoms in total. The number of ether oxygens (including phenoxy) is 5. The van der Waals surface area contributed by atoms with Gasteiger partial charge in [0.15, 0.2) is 0 Å². The zero-order valence-corrected chi connectivity index (χ0v) is 33.8. The Balaban J connectivity index is 1.53. The summed E-state index contributed by atoms with van der Waals surface area (Å²) >= 11 is 0. The number of carbonyl (C=O) groups excluding carboxylic acids is 3. The Hall–Kier alpha value is -4.33. The van der Waals surface area contributed by atoms with E-state index >= 15 is 0 Å². The first-order valence-electron chi connectivity index (χ1n) is 18.5. The van der Waals surface area contributed by atoms with Gasteiger partial charge in [0.2, 0.25) is 22.3 Å². The van der Waals surface area contributed by atoms with E-state index < -0.39 is 40.3 Å². The molecule has 2 aromatic rings. The van der Waals surface area contributed by atoms with E-state index in [0.29, 0.717) is 102 Å². The van der Waals surface area contributed by atoms with Crippen molar-refractivity contribution in [2.45, 2.75) is 83.4 Å². The summed E-state index contributed by atoms with van der Waals surface area (Å²) in [6, 6.07) is 11.0. The smallest absolute Gasteiger partial charge is 0.407 e. The molecule has 0 aliphatic rings. The van der Waals surface area contributed by atoms with Crippen molar-refractivity contribution in [2.24, 2.45) is 0 Å². The first kappa shape index (κ1) is 47.8. The molecular weight excluding hydrogens is 753 g/mol. The monoisotopic (exact) mass is 810 g/mol. The van der Waals surface area contributed by atoms with E-state index in [2.05, 4.69) is 15.4 Å². The van der Waals surface area contributed by atoms with Gasteiger partial charge in [-0.1, -0.05) is 30.3 Å². The van der Waals surface area contributed by atoms with Crippen LogP contribution in [0.5, 0.6) is 5.75 Å². The Labute approximate surface area is 329 Å². The number of rotatable bonds is 29. The molecule has 1 atom stereocenters. The van der Waals surface area contributed by atoms with Gasteiger partial charge in [0.1, 0.15) is 24.0 Å². The van der Waals surface area contributed by atoms with Crippen LogP contribution in [-0.4, -0.2) is 120 Å². The molecule has 0 heterocycles. The van der Waals surface area contributed by atoms with Crippen molar-refractivity contribution in [2.75, 3.05) is 65.9 Å². The number of aryl methyl sites for hydroxylation is 2. The molecule has 2 rings (SSSR count). The minimum atomic E-state index is -4.30. The summed E-state index contributed by atoms with van der Waals surface area (Å²) < 4.78 is 55.9. The molecule has 0 radical (unpaired) electrons. The molecule has 0 saturated heterocycles. The fourth-order valence-electron chi connectivity index (χ4n) is 5.00. The molecule has 1 unspecified atom stereocenters. The largest absolute Gasteiger partial charge is 0.494 e. The molecule has 2 aromatic carbocycles. The van der Waals surface area contributed by atoms with Crippen LogP contribution < -0.4 is 20.1 Å². The summed E-state index contributed by atoms with van der Waals surface area (Å²) in [5.74, 6) is -1.21. The van der Waals surface area contributed by atoms with E-state index in [1.165, 1.54) is 17.2 Å². The van der Waals surface area contributed by atoms with Gasteiger partial charge in [0.25, 0.3) is 0 Å². The van der Waals surface area contributed by atoms with Gasteiger partial charge in [-0.15, -0.1) is 0 Å². The minimum Gasteiger partial charge on any atom is -0.494 e. The van der Waals surface area contributed by atoms with Crippen LogP contribution in [0.15, 0.2) is 47.4 Å². The fourth-order valence-corrected chi connectivity index (χ4v) is 6.64. The van der Waals surface area contributed by atoms with Crippen LogP contribution in [-0.2, 0) is 54.8 Å². The minimum absolute atomic E-state index is 0.104. The summed E-state index contributed by atoms with van der Waals surface area (Å²) in [5.41, 5.74) is 0.823. The van der Waals surface area contributed by atoms with Gasteiger partial charge in [-0.05, 0) is 82.7 Å². The molecule has 314 valence electrons. The van der Waals surface area contributed by atoms with Crippen molar-refractivity contribution >= 4 is 34.4 Å². The molecule has 56 heavy (non-hydrogen) atoms. The number of nitrogens with one attached hydrogen (secondary N) is 3. The van der Waals surface area contributed by atoms with Gasteiger partial charge < -0.3 is 39.4 Å². The Morgan fingerprint density at radius 3 is 2.05 bits per heavy atom. The third-order valence-corrected chi connectivity index (χ3v) is 9.30. The van der Waals surface area contributed by atoms with Crippen molar-refractivity contribution in [3.05, 3.63) is 59.2 Å². The molecule has 3 amide bonds. The van der Waals surface area contributed by atoms with Gasteiger partial charge in [-0.2, -0.15) is 4.72 Å². The maximum atomic E-state index is 13.2. The summed E-state index contributed by atoms with van der Waals surface area (Å²) in [7, 11) is -4.30. The predicted octanol–water partition coefficient (Wildman–Crippen LogP) is 3.26. The number of aliphatic carboxylic acids is 1. The number of alkyl carbamates (subject to hydrolysis) is 1. The molecule has 0 spiro atoms. The molecule has 4 N–H and O–H groups in total. The van der Waals surface area contributed by atoms with Crippen molar-refractivity contribution < 1.29 is 61.2 Å². The van der Waals surface area contributed by atoms with Crippen LogP contribution in [0.1, 0.15) is 63.1 Å². The summed E-state index contributed by atoms with van der Waals surface area (Å²) in [6.07, 6.45) is 1.70. The summed E-state index contributed by atoms with van der Waals surface area (Å²) in [5, 5.41) is 15.9. The Morgan fingerprint density at radius 2 is 1.46 bits per heavy atom. The summed E-state index contributed by atoms with van der Waals surface area (Å²) in [6.45, 7) is 11.5. The van der Waals surface area contributed by atoms with Gasteiger partial charge in [-0.3, -0.25) is 19.2 Å². The number of benzene rings is 2. The number of carbonyl (C=O) groups is 4. The maximum absolute atomic E-state index is 13.2. The number of amides is 3. The molecule has 0 fully saturated rings. The predicted molar refractivity (Wildman–Crippen MR) is 205 cm³/mol. The highest BCUT2D eigenvalue weighted by molar-refractivity contribution is 7.89. The zero-order valence-electron chi connectivity index (χ0n) is 33.0. The Bertz CT molecular complexity index is 1580. The topological polar surface area (TPSA) is 217 Å². The number of nitrogens with zero attached hydrogens (tertiary/aromatic N) is 1. The van der Waals surface area contributed by atoms with E-state index in [4.69, 9.17) is 28.5 Å². The first-order chi connectivity index (χ1) is 26.6. The second kappa shape index (κ2) is 25.8. The SMILES string of the molecule is Cc1cc(OCCCC(=O)NCCCOCCOCCOCCCN(C=O)OCc2ccccc2)cc(C)c1S(=O)(=O)NC(CNC(=O)OC(C)(C)C)C(=O)O. The second-order valence-corrected chi connectivity index (χ2v) is 15.3. The number of hydrogen-bond acceptors (Lipinski definition) is 12. The highest BCUT2D eigenvalue weighted by atomic mass is 32.2. The highest BCUT2D eigenvalue weighted by Gasteiger charge is 2.29. The van der Waals surface area contributed by atoms with Crippen LogP contribution >= 0.6 is 0 Å². The molecule has 18 heteroatoms. The highest BCUT2D eigenvalue weighted by Crippen LogP contribution is 2.26. The van der Waals surface area contributed by atoms with E-state index in [0.717, 1.165) is 5.56 Å². The van der Waals surface area contributed by atoms with Crippen LogP contribution in [0.25, 0.3) is 0 Å². The number of hydroxylamine groups is 2. The number of carboxylic acids is 1. The molecule has 0 aliphatic carbocycles. The summed E-state index contributed by atoms with van der Waals surface area (Å²) in [4.78, 5) is 52.5. The van der Waals surface area contributed by atoms with E-state index in [9.17, 15) is 32.7 Å². The Morgan fingerprint density at radius 1 is 0.857 bits per heavy atom. The lowest BCUT2D eigenvalue weighted by Gasteiger charge is -2.21. The van der Waals surface area contributed by atoms with E-state index in [1.54, 1.807) is 34.6 Å². The third kappa shape index (κ3) is 20.5. The van der Waals surface area contributed by atoms with Crippen molar-refractivity contribution in [3.8, 4) is 5.75 Å². The molecular formula is C38H58N4O13S. The quantitative estimate of drug-likeness (QED) is 0.0528. The zero-order chi connectivity index (χ0) is 41.4. The van der Waals surface area contributed by atoms with Gasteiger partial charge in [-0.25, -0.2) is 18.3 Å². The first-order valence-corrected chi connectivity index (χ1v) is 19.9. The third-order valence-electron chi connectivity index (χ3n) is 7.52. The normalized spacial score (nSPS) is 12.1. The van der Waals surface area contributed by atoms with E-state index in [1.807, 2.05) is 30.3 Å². The number of hydrogen-bond donors (Lipinski definition) is 4. The van der Waals surface area contributed by atoms with Crippen LogP contribution in [0.4, 0.5) is 4.79 Å². The lowest BCUT2D eigenvalue weighted by molar-refractivity contribution is -0.178. The lowest BCUT2D eigenvalue weighted by atomic mass is 10.1. The molecule has 0 aliphatic heterocycles. The average molecular weight is 811 g/mol. The van der Waals surface area contributed by atoms with Gasteiger partial charge >= 0.3 is 12.1 Å². The number of carboxylic acid groups (broad SMARTS) is 1. The van der Waals surface area contributed by atoms with Crippen molar-refractivity contribution in [1.29, 1.82) is 0 Å². The van der Waals surface area contributed by atoms with Crippen molar-refractivity contribution in [1.82, 2.24) is 20.4 Å². The standard InChI is InChI=1S/C38H58N4O13S/c1-29-24-32(25-30(2)35(29)56(48,49)41-33(36(45)46)26-40-37(47)55-38(3,4)5)53-19-9-14-34(44)39-15-10-17-50-20-22-52-23-21-51-18-11-16-42(28-43)54-27-31-12-7-6-8-13-31/h6-8,12-13,24-25,28,33,41H,9-11,14-23,26-27H2,1-5H3,(H,39,44)(H,40,47)(H,45,46). The van der Waals surface area contributed by atoms with Gasteiger partial charge in [0, 0.05) is 32.7 Å². The van der Waals surface area contributed by atoms with Crippen LogP contribution in [0.2, 0.25) is 0 Å². The molecule has 0 saturated carbocycles. The van der Waals surface area contributed by atoms with Crippen LogP contribution in [0, 0.1) is 13.8 Å². The molecule has 0 bridgehead atoms.